The highest BCUT2D eigenvalue weighted by Crippen LogP contribution is 2.20. The Balaban J connectivity index is 1.82. The summed E-state index contributed by atoms with van der Waals surface area (Å²) in [4.78, 5) is 38.2. The highest BCUT2D eigenvalue weighted by atomic mass is 19.2. The number of carbonyl (C=O) groups excluding carboxylic acids is 3. The number of amides is 3. The van der Waals surface area contributed by atoms with Crippen LogP contribution in [-0.2, 0) is 14.3 Å². The van der Waals surface area contributed by atoms with Crippen LogP contribution in [0.2, 0.25) is 0 Å². The van der Waals surface area contributed by atoms with Crippen molar-refractivity contribution in [3.8, 4) is 5.75 Å². The Bertz CT molecular complexity index is 797. The Hall–Kier alpha value is -2.91. The van der Waals surface area contributed by atoms with Crippen molar-refractivity contribution in [2.75, 3.05) is 13.1 Å². The highest BCUT2D eigenvalue weighted by Gasteiger charge is 2.31. The van der Waals surface area contributed by atoms with Crippen molar-refractivity contribution < 1.29 is 32.6 Å². The number of nitrogens with one attached hydrogen (secondary N) is 2. The molecule has 0 unspecified atom stereocenters. The quantitative estimate of drug-likeness (QED) is 0.720. The lowest BCUT2D eigenvalue weighted by Gasteiger charge is -2.33. The van der Waals surface area contributed by atoms with E-state index in [1.54, 1.807) is 20.8 Å². The van der Waals surface area contributed by atoms with E-state index in [1.165, 1.54) is 17.9 Å². The molecule has 30 heavy (non-hydrogen) atoms. The molecule has 1 saturated heterocycles. The van der Waals surface area contributed by atoms with E-state index in [2.05, 4.69) is 10.9 Å². The van der Waals surface area contributed by atoms with Gasteiger partial charge in [0.25, 0.3) is 5.91 Å². The third-order valence-corrected chi connectivity index (χ3v) is 4.33. The zero-order valence-corrected chi connectivity index (χ0v) is 17.5. The van der Waals surface area contributed by atoms with Gasteiger partial charge in [-0.3, -0.25) is 20.4 Å². The zero-order chi connectivity index (χ0) is 22.5. The van der Waals surface area contributed by atoms with Gasteiger partial charge in [0.05, 0.1) is 5.92 Å². The number of ether oxygens (including phenoxy) is 2. The molecule has 2 N–H and O–H groups in total. The lowest BCUT2D eigenvalue weighted by Crippen LogP contribution is -2.52. The first-order chi connectivity index (χ1) is 14.0. The van der Waals surface area contributed by atoms with Crippen LogP contribution >= 0.6 is 0 Å². The Labute approximate surface area is 173 Å². The van der Waals surface area contributed by atoms with E-state index >= 15 is 0 Å². The summed E-state index contributed by atoms with van der Waals surface area (Å²) in [7, 11) is 0. The van der Waals surface area contributed by atoms with Crippen molar-refractivity contribution in [3.05, 3.63) is 29.8 Å². The summed E-state index contributed by atoms with van der Waals surface area (Å²) < 4.78 is 36.7. The van der Waals surface area contributed by atoms with Gasteiger partial charge in [0.2, 0.25) is 5.91 Å². The monoisotopic (exact) mass is 427 g/mol. The average Bonchev–Trinajstić information content (AvgIpc) is 2.67. The minimum absolute atomic E-state index is 0.0249. The maximum absolute atomic E-state index is 13.2. The second-order valence-corrected chi connectivity index (χ2v) is 8.08. The van der Waals surface area contributed by atoms with Crippen LogP contribution in [0.5, 0.6) is 5.75 Å². The van der Waals surface area contributed by atoms with Gasteiger partial charge in [-0.05, 0) is 52.7 Å². The molecule has 8 nitrogen and oxygen atoms in total. The number of halogens is 2. The largest absolute Gasteiger partial charge is 0.481 e. The second kappa shape index (κ2) is 9.73. The van der Waals surface area contributed by atoms with E-state index in [-0.39, 0.29) is 12.3 Å². The molecule has 2 rings (SSSR count). The van der Waals surface area contributed by atoms with Crippen LogP contribution in [0.1, 0.15) is 40.5 Å². The molecule has 2 atom stereocenters. The van der Waals surface area contributed by atoms with Gasteiger partial charge >= 0.3 is 6.09 Å². The first-order valence-corrected chi connectivity index (χ1v) is 9.65. The number of piperidine rings is 1. The number of hydrogen-bond acceptors (Lipinski definition) is 5. The second-order valence-electron chi connectivity index (χ2n) is 8.08. The predicted molar refractivity (Wildman–Crippen MR) is 103 cm³/mol. The van der Waals surface area contributed by atoms with E-state index in [0.717, 1.165) is 12.1 Å². The Kier molecular flexibility index (Phi) is 7.58. The summed E-state index contributed by atoms with van der Waals surface area (Å²) in [6.45, 7) is 7.35. The molecule has 1 fully saturated rings. The molecule has 0 radical (unpaired) electrons. The minimum Gasteiger partial charge on any atom is -0.481 e. The molecule has 1 aliphatic rings. The summed E-state index contributed by atoms with van der Waals surface area (Å²) >= 11 is 0. The number of hydrogen-bond donors (Lipinski definition) is 2. The molecule has 166 valence electrons. The van der Waals surface area contributed by atoms with Gasteiger partial charge in [-0.25, -0.2) is 13.6 Å². The first-order valence-electron chi connectivity index (χ1n) is 9.65. The summed E-state index contributed by atoms with van der Waals surface area (Å²) in [5, 5.41) is 0. The molecular formula is C20H27F2N3O5. The molecule has 10 heteroatoms. The van der Waals surface area contributed by atoms with E-state index < -0.39 is 47.2 Å². The summed E-state index contributed by atoms with van der Waals surface area (Å²) in [6.07, 6.45) is -0.375. The van der Waals surface area contributed by atoms with Gasteiger partial charge in [-0.2, -0.15) is 0 Å². The normalized spacial score (nSPS) is 17.7. The van der Waals surface area contributed by atoms with Crippen LogP contribution in [0.4, 0.5) is 13.6 Å². The maximum Gasteiger partial charge on any atom is 0.410 e. The van der Waals surface area contributed by atoms with Crippen LogP contribution in [0.3, 0.4) is 0 Å². The molecular weight excluding hydrogens is 400 g/mol. The molecule has 3 amide bonds. The fourth-order valence-corrected chi connectivity index (χ4v) is 2.82. The fraction of sp³-hybridized carbons (Fsp3) is 0.550. The zero-order valence-electron chi connectivity index (χ0n) is 17.5. The number of nitrogens with zero attached hydrogens (tertiary/aromatic N) is 1. The number of rotatable bonds is 4. The molecule has 1 aromatic rings. The third-order valence-electron chi connectivity index (χ3n) is 4.33. The first kappa shape index (κ1) is 23.4. The van der Waals surface area contributed by atoms with Crippen molar-refractivity contribution in [1.29, 1.82) is 0 Å². The van der Waals surface area contributed by atoms with Gasteiger partial charge in [0, 0.05) is 19.2 Å². The van der Waals surface area contributed by atoms with Crippen LogP contribution in [0, 0.1) is 17.6 Å². The number of likely N-dealkylation sites (tertiary alicyclic amines) is 1. The Morgan fingerprint density at radius 3 is 2.50 bits per heavy atom. The molecule has 0 bridgehead atoms. The predicted octanol–water partition coefficient (Wildman–Crippen LogP) is 2.53. The van der Waals surface area contributed by atoms with Crippen molar-refractivity contribution in [3.63, 3.8) is 0 Å². The minimum atomic E-state index is -1.10. The topological polar surface area (TPSA) is 97.0 Å². The van der Waals surface area contributed by atoms with Crippen LogP contribution in [-0.4, -0.2) is 47.6 Å². The number of hydrazine groups is 1. The molecule has 1 heterocycles. The van der Waals surface area contributed by atoms with Crippen molar-refractivity contribution >= 4 is 17.9 Å². The van der Waals surface area contributed by atoms with Crippen LogP contribution in [0.15, 0.2) is 18.2 Å². The SMILES string of the molecule is C[C@@H](Oc1ccc(F)c(F)c1)C(=O)NNC(=O)[C@H]1CCCN(C(=O)OC(C)(C)C)C1. The van der Waals surface area contributed by atoms with Gasteiger partial charge in [-0.15, -0.1) is 0 Å². The fourth-order valence-electron chi connectivity index (χ4n) is 2.82. The van der Waals surface area contributed by atoms with Crippen LogP contribution in [0.25, 0.3) is 0 Å². The smallest absolute Gasteiger partial charge is 0.410 e. The molecule has 1 aliphatic heterocycles. The van der Waals surface area contributed by atoms with Gasteiger partial charge in [0.15, 0.2) is 17.7 Å². The number of benzene rings is 1. The number of carbonyl (C=O) groups is 3. The molecule has 1 aromatic carbocycles. The summed E-state index contributed by atoms with van der Waals surface area (Å²) in [5.41, 5.74) is 3.92. The molecule has 0 aromatic heterocycles. The third kappa shape index (κ3) is 6.85. The van der Waals surface area contributed by atoms with Gasteiger partial charge in [-0.1, -0.05) is 0 Å². The lowest BCUT2D eigenvalue weighted by molar-refractivity contribution is -0.135. The van der Waals surface area contributed by atoms with Gasteiger partial charge < -0.3 is 14.4 Å². The van der Waals surface area contributed by atoms with E-state index in [0.29, 0.717) is 19.4 Å². The Morgan fingerprint density at radius 1 is 1.17 bits per heavy atom. The maximum atomic E-state index is 13.2. The lowest BCUT2D eigenvalue weighted by atomic mass is 9.98. The summed E-state index contributed by atoms with van der Waals surface area (Å²) in [6, 6.07) is 2.90. The van der Waals surface area contributed by atoms with E-state index in [4.69, 9.17) is 9.47 Å². The van der Waals surface area contributed by atoms with Crippen molar-refractivity contribution in [1.82, 2.24) is 15.8 Å². The van der Waals surface area contributed by atoms with Crippen molar-refractivity contribution in [2.24, 2.45) is 5.92 Å². The van der Waals surface area contributed by atoms with E-state index in [9.17, 15) is 23.2 Å². The molecule has 0 saturated carbocycles. The Morgan fingerprint density at radius 2 is 1.87 bits per heavy atom. The molecule has 0 spiro atoms. The van der Waals surface area contributed by atoms with E-state index in [1.807, 2.05) is 0 Å². The highest BCUT2D eigenvalue weighted by molar-refractivity contribution is 5.86. The van der Waals surface area contributed by atoms with Crippen molar-refractivity contribution in [2.45, 2.75) is 52.2 Å². The van der Waals surface area contributed by atoms with Crippen LogP contribution < -0.4 is 15.6 Å². The average molecular weight is 427 g/mol. The molecule has 0 aliphatic carbocycles. The van der Waals surface area contributed by atoms with Gasteiger partial charge in [0.1, 0.15) is 11.4 Å². The summed E-state index contributed by atoms with van der Waals surface area (Å²) in [5.74, 6) is -3.78. The standard InChI is InChI=1S/C20H27F2N3O5/c1-12(29-14-7-8-15(21)16(22)10-14)17(26)23-24-18(27)13-6-5-9-25(11-13)19(28)30-20(2,3)4/h7-8,10,12-13H,5-6,9,11H2,1-4H3,(H,23,26)(H,24,27)/t12-,13+/m1/s1.